The summed E-state index contributed by atoms with van der Waals surface area (Å²) in [4.78, 5) is 22.5. The lowest BCUT2D eigenvalue weighted by Gasteiger charge is -2.19. The normalized spacial score (nSPS) is 12.9. The number of para-hydroxylation sites is 2. The molecule has 29 heavy (non-hydrogen) atoms. The molecule has 0 radical (unpaired) electrons. The Morgan fingerprint density at radius 3 is 2.93 bits per heavy atom. The van der Waals surface area contributed by atoms with Crippen LogP contribution >= 0.6 is 0 Å². The third-order valence-corrected chi connectivity index (χ3v) is 5.53. The third kappa shape index (κ3) is 3.36. The van der Waals surface area contributed by atoms with E-state index in [2.05, 4.69) is 56.6 Å². The number of nitrogens with zero attached hydrogens (tertiary/aromatic N) is 2. The van der Waals surface area contributed by atoms with Gasteiger partial charge in [-0.3, -0.25) is 9.78 Å². The molecule has 1 aliphatic rings. The number of hydrogen-bond acceptors (Lipinski definition) is 3. The Balaban J connectivity index is 1.27. The lowest BCUT2D eigenvalue weighted by molar-refractivity contribution is 0.0949. The van der Waals surface area contributed by atoms with Crippen molar-refractivity contribution in [3.8, 4) is 0 Å². The van der Waals surface area contributed by atoms with Crippen LogP contribution in [0.3, 0.4) is 0 Å². The number of hydrogen-bond donors (Lipinski definition) is 2. The lowest BCUT2D eigenvalue weighted by atomic mass is 10.1. The monoisotopic (exact) mass is 382 g/mol. The fourth-order valence-corrected chi connectivity index (χ4v) is 4.06. The molecule has 2 aromatic heterocycles. The average Bonchev–Trinajstić information content (AvgIpc) is 3.38. The van der Waals surface area contributed by atoms with Crippen LogP contribution in [0.4, 0.5) is 11.4 Å². The highest BCUT2D eigenvalue weighted by molar-refractivity contribution is 5.93. The van der Waals surface area contributed by atoms with Crippen molar-refractivity contribution in [2.24, 2.45) is 0 Å². The van der Waals surface area contributed by atoms with E-state index in [1.807, 2.05) is 30.5 Å². The summed E-state index contributed by atoms with van der Waals surface area (Å²) in [5, 5.41) is 4.21. The molecule has 1 amide bonds. The molecule has 0 aliphatic carbocycles. The molecule has 3 heterocycles. The standard InChI is InChI=1S/C24H22N4O/c29-24(26-12-9-18-16-27-21-7-3-2-6-20(18)21)22-15-19(10-13-25-22)28-14-11-17-5-1-4-8-23(17)28/h1-8,10,13,15-16,27H,9,11-12,14H2,(H,26,29). The van der Waals surface area contributed by atoms with E-state index < -0.39 is 0 Å². The number of pyridine rings is 1. The summed E-state index contributed by atoms with van der Waals surface area (Å²) in [7, 11) is 0. The molecule has 144 valence electrons. The van der Waals surface area contributed by atoms with E-state index in [0.717, 1.165) is 30.6 Å². The third-order valence-electron chi connectivity index (χ3n) is 5.53. The molecule has 5 rings (SSSR count). The Morgan fingerprint density at radius 2 is 1.97 bits per heavy atom. The fraction of sp³-hybridized carbons (Fsp3) is 0.167. The van der Waals surface area contributed by atoms with Crippen LogP contribution in [-0.4, -0.2) is 29.0 Å². The summed E-state index contributed by atoms with van der Waals surface area (Å²) >= 11 is 0. The van der Waals surface area contributed by atoms with Crippen LogP contribution in [-0.2, 0) is 12.8 Å². The fourth-order valence-electron chi connectivity index (χ4n) is 4.06. The first-order valence-corrected chi connectivity index (χ1v) is 9.94. The van der Waals surface area contributed by atoms with Gasteiger partial charge in [0.15, 0.2) is 0 Å². The minimum absolute atomic E-state index is 0.140. The summed E-state index contributed by atoms with van der Waals surface area (Å²) in [6.07, 6.45) is 5.52. The largest absolute Gasteiger partial charge is 0.361 e. The number of fused-ring (bicyclic) bond motifs is 2. The minimum atomic E-state index is -0.140. The van der Waals surface area contributed by atoms with Crippen LogP contribution in [0.15, 0.2) is 73.1 Å². The van der Waals surface area contributed by atoms with Gasteiger partial charge in [-0.05, 0) is 48.2 Å². The molecule has 0 unspecified atom stereocenters. The van der Waals surface area contributed by atoms with Crippen molar-refractivity contribution >= 4 is 28.2 Å². The Kier molecular flexibility index (Phi) is 4.48. The molecule has 5 nitrogen and oxygen atoms in total. The smallest absolute Gasteiger partial charge is 0.269 e. The quantitative estimate of drug-likeness (QED) is 0.543. The topological polar surface area (TPSA) is 61.0 Å². The number of benzene rings is 2. The summed E-state index contributed by atoms with van der Waals surface area (Å²) < 4.78 is 0. The molecule has 0 saturated heterocycles. The second-order valence-electron chi connectivity index (χ2n) is 7.30. The van der Waals surface area contributed by atoms with Gasteiger partial charge in [-0.15, -0.1) is 0 Å². The SMILES string of the molecule is O=C(NCCc1c[nH]c2ccccc12)c1cc(N2CCc3ccccc32)ccn1. The zero-order valence-corrected chi connectivity index (χ0v) is 16.1. The minimum Gasteiger partial charge on any atom is -0.361 e. The van der Waals surface area contributed by atoms with Gasteiger partial charge in [0.1, 0.15) is 5.69 Å². The number of H-pyrrole nitrogens is 1. The van der Waals surface area contributed by atoms with Crippen molar-refractivity contribution in [2.45, 2.75) is 12.8 Å². The molecular weight excluding hydrogens is 360 g/mol. The van der Waals surface area contributed by atoms with E-state index in [-0.39, 0.29) is 5.91 Å². The highest BCUT2D eigenvalue weighted by atomic mass is 16.1. The Morgan fingerprint density at radius 1 is 1.10 bits per heavy atom. The summed E-state index contributed by atoms with van der Waals surface area (Å²) in [5.74, 6) is -0.140. The molecule has 5 heteroatoms. The van der Waals surface area contributed by atoms with E-state index in [0.29, 0.717) is 12.2 Å². The maximum absolute atomic E-state index is 12.6. The van der Waals surface area contributed by atoms with E-state index in [4.69, 9.17) is 0 Å². The average molecular weight is 382 g/mol. The summed E-state index contributed by atoms with van der Waals surface area (Å²) in [6, 6.07) is 20.5. The van der Waals surface area contributed by atoms with Crippen molar-refractivity contribution in [2.75, 3.05) is 18.0 Å². The van der Waals surface area contributed by atoms with Gasteiger partial charge in [-0.25, -0.2) is 0 Å². The molecule has 2 aromatic carbocycles. The number of amides is 1. The van der Waals surface area contributed by atoms with Crippen molar-refractivity contribution in [3.63, 3.8) is 0 Å². The predicted octanol–water partition coefficient (Wildman–Crippen LogP) is 4.23. The van der Waals surface area contributed by atoms with Crippen molar-refractivity contribution in [3.05, 3.63) is 89.9 Å². The first-order chi connectivity index (χ1) is 14.3. The van der Waals surface area contributed by atoms with E-state index >= 15 is 0 Å². The molecule has 0 fully saturated rings. The molecule has 2 N–H and O–H groups in total. The number of aromatic nitrogens is 2. The first-order valence-electron chi connectivity index (χ1n) is 9.94. The van der Waals surface area contributed by atoms with Gasteiger partial charge in [-0.1, -0.05) is 36.4 Å². The van der Waals surface area contributed by atoms with Crippen molar-refractivity contribution in [1.29, 1.82) is 0 Å². The van der Waals surface area contributed by atoms with Crippen LogP contribution in [0.25, 0.3) is 10.9 Å². The van der Waals surface area contributed by atoms with Gasteiger partial charge in [-0.2, -0.15) is 0 Å². The van der Waals surface area contributed by atoms with Gasteiger partial charge in [0.05, 0.1) is 0 Å². The van der Waals surface area contributed by atoms with Crippen molar-refractivity contribution in [1.82, 2.24) is 15.3 Å². The van der Waals surface area contributed by atoms with Crippen LogP contribution in [0.5, 0.6) is 0 Å². The first kappa shape index (κ1) is 17.5. The number of rotatable bonds is 5. The van der Waals surface area contributed by atoms with Gasteiger partial charge < -0.3 is 15.2 Å². The Bertz CT molecular complexity index is 1180. The molecule has 0 saturated carbocycles. The van der Waals surface area contributed by atoms with Gasteiger partial charge >= 0.3 is 0 Å². The van der Waals surface area contributed by atoms with Gasteiger partial charge in [0.25, 0.3) is 5.91 Å². The number of aromatic amines is 1. The summed E-state index contributed by atoms with van der Waals surface area (Å²) in [6.45, 7) is 1.49. The molecule has 0 bridgehead atoms. The van der Waals surface area contributed by atoms with Crippen LogP contribution in [0, 0.1) is 0 Å². The second kappa shape index (κ2) is 7.43. The van der Waals surface area contributed by atoms with E-state index in [1.165, 1.54) is 22.2 Å². The number of nitrogens with one attached hydrogen (secondary N) is 2. The molecule has 1 aliphatic heterocycles. The van der Waals surface area contributed by atoms with E-state index in [1.54, 1.807) is 6.20 Å². The maximum Gasteiger partial charge on any atom is 0.269 e. The summed E-state index contributed by atoms with van der Waals surface area (Å²) in [5.41, 5.74) is 6.33. The Labute approximate surface area is 169 Å². The predicted molar refractivity (Wildman–Crippen MR) is 116 cm³/mol. The molecule has 0 atom stereocenters. The highest BCUT2D eigenvalue weighted by Crippen LogP contribution is 2.34. The molecule has 0 spiro atoms. The zero-order chi connectivity index (χ0) is 19.6. The number of anilines is 2. The lowest BCUT2D eigenvalue weighted by Crippen LogP contribution is -2.26. The van der Waals surface area contributed by atoms with Crippen LogP contribution in [0.2, 0.25) is 0 Å². The van der Waals surface area contributed by atoms with Crippen LogP contribution in [0.1, 0.15) is 21.6 Å². The zero-order valence-electron chi connectivity index (χ0n) is 16.1. The highest BCUT2D eigenvalue weighted by Gasteiger charge is 2.20. The second-order valence-corrected chi connectivity index (χ2v) is 7.30. The van der Waals surface area contributed by atoms with Gasteiger partial charge in [0.2, 0.25) is 0 Å². The van der Waals surface area contributed by atoms with Crippen molar-refractivity contribution < 1.29 is 4.79 Å². The number of carbonyl (C=O) groups excluding carboxylic acids is 1. The maximum atomic E-state index is 12.6. The number of carbonyl (C=O) groups is 1. The molecular formula is C24H22N4O. The Hall–Kier alpha value is -3.60. The molecule has 4 aromatic rings. The van der Waals surface area contributed by atoms with Crippen LogP contribution < -0.4 is 10.2 Å². The van der Waals surface area contributed by atoms with E-state index in [9.17, 15) is 4.79 Å². The van der Waals surface area contributed by atoms with Gasteiger partial charge in [0, 0.05) is 47.8 Å².